The maximum atomic E-state index is 11.4. The highest BCUT2D eigenvalue weighted by molar-refractivity contribution is 7.87. The Labute approximate surface area is 91.4 Å². The van der Waals surface area contributed by atoms with Gasteiger partial charge in [-0.3, -0.25) is 0 Å². The third-order valence-electron chi connectivity index (χ3n) is 2.95. The van der Waals surface area contributed by atoms with Crippen LogP contribution in [-0.4, -0.2) is 52.6 Å². The fourth-order valence-corrected chi connectivity index (χ4v) is 2.69. The van der Waals surface area contributed by atoms with E-state index < -0.39 is 15.7 Å². The number of rotatable bonds is 4. The molecule has 7 heteroatoms. The molecule has 0 unspecified atom stereocenters. The Morgan fingerprint density at radius 3 is 2.33 bits per heavy atom. The molecule has 0 saturated carbocycles. The van der Waals surface area contributed by atoms with Gasteiger partial charge in [-0.1, -0.05) is 0 Å². The third kappa shape index (κ3) is 3.39. The Hall–Kier alpha value is -0.210. The highest BCUT2D eigenvalue weighted by atomic mass is 32.2. The second kappa shape index (κ2) is 4.75. The van der Waals surface area contributed by atoms with Crippen LogP contribution < -0.4 is 15.2 Å². The minimum atomic E-state index is -3.41. The standard InChI is InChI=1S/C8H20N4O2S/c1-10-15(13,14)11-8(7-9)3-5-12(2)6-4-8/h10-11H,3-7,9H2,1-2H3. The zero-order chi connectivity index (χ0) is 11.5. The van der Waals surface area contributed by atoms with E-state index in [9.17, 15) is 8.42 Å². The van der Waals surface area contributed by atoms with Gasteiger partial charge in [-0.2, -0.15) is 13.1 Å². The lowest BCUT2D eigenvalue weighted by Gasteiger charge is -2.39. The van der Waals surface area contributed by atoms with Crippen LogP contribution in [0.5, 0.6) is 0 Å². The van der Waals surface area contributed by atoms with E-state index in [1.165, 1.54) is 7.05 Å². The van der Waals surface area contributed by atoms with Crippen LogP contribution in [-0.2, 0) is 10.2 Å². The van der Waals surface area contributed by atoms with Crippen molar-refractivity contribution in [3.8, 4) is 0 Å². The first-order chi connectivity index (χ1) is 6.93. The Morgan fingerprint density at radius 2 is 1.93 bits per heavy atom. The molecule has 0 atom stereocenters. The van der Waals surface area contributed by atoms with Crippen LogP contribution in [0.3, 0.4) is 0 Å². The molecular formula is C8H20N4O2S. The van der Waals surface area contributed by atoms with Crippen LogP contribution in [0.15, 0.2) is 0 Å². The highest BCUT2D eigenvalue weighted by Gasteiger charge is 2.35. The molecule has 1 saturated heterocycles. The molecule has 15 heavy (non-hydrogen) atoms. The van der Waals surface area contributed by atoms with Gasteiger partial charge in [0.25, 0.3) is 10.2 Å². The quantitative estimate of drug-likeness (QED) is 0.552. The summed E-state index contributed by atoms with van der Waals surface area (Å²) in [6.45, 7) is 2.06. The highest BCUT2D eigenvalue weighted by Crippen LogP contribution is 2.20. The van der Waals surface area contributed by atoms with Crippen molar-refractivity contribution in [2.24, 2.45) is 5.73 Å². The number of nitrogens with two attached hydrogens (primary N) is 1. The zero-order valence-corrected chi connectivity index (χ0v) is 10.1. The van der Waals surface area contributed by atoms with Gasteiger partial charge in [-0.25, -0.2) is 4.72 Å². The molecule has 1 fully saturated rings. The summed E-state index contributed by atoms with van der Waals surface area (Å²) in [5, 5.41) is 0. The average molecular weight is 236 g/mol. The molecule has 1 aliphatic heterocycles. The van der Waals surface area contributed by atoms with Gasteiger partial charge in [0.05, 0.1) is 0 Å². The van der Waals surface area contributed by atoms with E-state index in [1.54, 1.807) is 0 Å². The summed E-state index contributed by atoms with van der Waals surface area (Å²) in [7, 11) is 0.00557. The predicted octanol–water partition coefficient (Wildman–Crippen LogP) is -1.54. The first-order valence-electron chi connectivity index (χ1n) is 5.04. The van der Waals surface area contributed by atoms with Crippen molar-refractivity contribution in [1.82, 2.24) is 14.3 Å². The van der Waals surface area contributed by atoms with Gasteiger partial charge < -0.3 is 10.6 Å². The monoisotopic (exact) mass is 236 g/mol. The number of nitrogens with one attached hydrogen (secondary N) is 2. The smallest absolute Gasteiger partial charge is 0.277 e. The zero-order valence-electron chi connectivity index (χ0n) is 9.28. The number of nitrogens with zero attached hydrogens (tertiary/aromatic N) is 1. The summed E-state index contributed by atoms with van der Waals surface area (Å²) < 4.78 is 27.7. The van der Waals surface area contributed by atoms with Crippen molar-refractivity contribution >= 4 is 10.2 Å². The second-order valence-electron chi connectivity index (χ2n) is 4.10. The van der Waals surface area contributed by atoms with Crippen molar-refractivity contribution < 1.29 is 8.42 Å². The minimum Gasteiger partial charge on any atom is -0.329 e. The molecule has 0 radical (unpaired) electrons. The van der Waals surface area contributed by atoms with E-state index in [0.717, 1.165) is 25.9 Å². The molecule has 6 nitrogen and oxygen atoms in total. The summed E-state index contributed by atoms with van der Waals surface area (Å²) in [5.41, 5.74) is 5.19. The molecular weight excluding hydrogens is 216 g/mol. The van der Waals surface area contributed by atoms with Crippen molar-refractivity contribution in [1.29, 1.82) is 0 Å². The Kier molecular flexibility index (Phi) is 4.07. The summed E-state index contributed by atoms with van der Waals surface area (Å²) in [4.78, 5) is 2.17. The molecule has 4 N–H and O–H groups in total. The molecule has 0 aliphatic carbocycles. The lowest BCUT2D eigenvalue weighted by molar-refractivity contribution is 0.181. The lowest BCUT2D eigenvalue weighted by Crippen LogP contribution is -2.60. The fraction of sp³-hybridized carbons (Fsp3) is 1.00. The molecule has 1 heterocycles. The molecule has 0 bridgehead atoms. The molecule has 0 amide bonds. The van der Waals surface area contributed by atoms with Gasteiger partial charge in [0, 0.05) is 19.1 Å². The van der Waals surface area contributed by atoms with E-state index in [1.807, 2.05) is 7.05 Å². The normalized spacial score (nSPS) is 22.9. The summed E-state index contributed by atoms with van der Waals surface area (Å²) >= 11 is 0. The van der Waals surface area contributed by atoms with Gasteiger partial charge in [-0.15, -0.1) is 0 Å². The van der Waals surface area contributed by atoms with Crippen molar-refractivity contribution in [2.75, 3.05) is 33.7 Å². The molecule has 1 aliphatic rings. The topological polar surface area (TPSA) is 87.5 Å². The number of likely N-dealkylation sites (tertiary alicyclic amines) is 1. The minimum absolute atomic E-state index is 0.335. The number of hydrogen-bond donors (Lipinski definition) is 3. The van der Waals surface area contributed by atoms with Crippen molar-refractivity contribution in [3.05, 3.63) is 0 Å². The van der Waals surface area contributed by atoms with Crippen molar-refractivity contribution in [2.45, 2.75) is 18.4 Å². The molecule has 1 rings (SSSR count). The van der Waals surface area contributed by atoms with Gasteiger partial charge in [-0.05, 0) is 33.0 Å². The van der Waals surface area contributed by atoms with Gasteiger partial charge in [0.15, 0.2) is 0 Å². The third-order valence-corrected chi connectivity index (χ3v) is 4.19. The van der Waals surface area contributed by atoms with Crippen LogP contribution >= 0.6 is 0 Å². The molecule has 0 spiro atoms. The Morgan fingerprint density at radius 1 is 1.40 bits per heavy atom. The van der Waals surface area contributed by atoms with E-state index in [4.69, 9.17) is 5.73 Å². The van der Waals surface area contributed by atoms with Crippen LogP contribution in [0.25, 0.3) is 0 Å². The average Bonchev–Trinajstić information content (AvgIpc) is 2.22. The second-order valence-corrected chi connectivity index (χ2v) is 5.72. The number of hydrogen-bond acceptors (Lipinski definition) is 4. The first-order valence-corrected chi connectivity index (χ1v) is 6.52. The Bertz CT molecular complexity index is 296. The maximum Gasteiger partial charge on any atom is 0.277 e. The fourth-order valence-electron chi connectivity index (χ4n) is 1.73. The van der Waals surface area contributed by atoms with E-state index >= 15 is 0 Å². The van der Waals surface area contributed by atoms with Crippen LogP contribution in [0.4, 0.5) is 0 Å². The molecule has 0 aromatic heterocycles. The summed E-state index contributed by atoms with van der Waals surface area (Å²) in [5.74, 6) is 0. The molecule has 90 valence electrons. The van der Waals surface area contributed by atoms with E-state index in [0.29, 0.717) is 6.54 Å². The van der Waals surface area contributed by atoms with Gasteiger partial charge >= 0.3 is 0 Å². The SMILES string of the molecule is CNS(=O)(=O)NC1(CN)CCN(C)CC1. The Balaban J connectivity index is 2.70. The van der Waals surface area contributed by atoms with Gasteiger partial charge in [0.2, 0.25) is 0 Å². The van der Waals surface area contributed by atoms with Gasteiger partial charge in [0.1, 0.15) is 0 Å². The number of piperidine rings is 1. The largest absolute Gasteiger partial charge is 0.329 e. The summed E-state index contributed by atoms with van der Waals surface area (Å²) in [6.07, 6.45) is 1.50. The maximum absolute atomic E-state index is 11.4. The lowest BCUT2D eigenvalue weighted by atomic mass is 9.89. The van der Waals surface area contributed by atoms with Crippen LogP contribution in [0.1, 0.15) is 12.8 Å². The molecule has 0 aromatic carbocycles. The van der Waals surface area contributed by atoms with Crippen LogP contribution in [0.2, 0.25) is 0 Å². The van der Waals surface area contributed by atoms with Crippen molar-refractivity contribution in [3.63, 3.8) is 0 Å². The molecule has 0 aromatic rings. The first kappa shape index (κ1) is 12.9. The predicted molar refractivity (Wildman–Crippen MR) is 59.6 cm³/mol. The van der Waals surface area contributed by atoms with E-state index in [-0.39, 0.29) is 0 Å². The van der Waals surface area contributed by atoms with E-state index in [2.05, 4.69) is 14.3 Å². The van der Waals surface area contributed by atoms with Crippen LogP contribution in [0, 0.1) is 0 Å². The summed E-state index contributed by atoms with van der Waals surface area (Å²) in [6, 6.07) is 0.